The van der Waals surface area contributed by atoms with Crippen LogP contribution in [0.1, 0.15) is 5.69 Å². The summed E-state index contributed by atoms with van der Waals surface area (Å²) in [6.45, 7) is 2.42. The summed E-state index contributed by atoms with van der Waals surface area (Å²) in [5.74, 6) is 0. The Morgan fingerprint density at radius 3 is 2.92 bits per heavy atom. The van der Waals surface area contributed by atoms with Crippen molar-refractivity contribution in [2.45, 2.75) is 6.54 Å². The molecule has 0 spiro atoms. The molecule has 1 aromatic heterocycles. The maximum Gasteiger partial charge on any atom is 0.0587 e. The third-order valence-electron chi connectivity index (χ3n) is 1.52. The van der Waals surface area contributed by atoms with E-state index in [9.17, 15) is 0 Å². The lowest BCUT2D eigenvalue weighted by Crippen LogP contribution is -2.18. The number of rotatable bonds is 5. The molecule has 0 amide bonds. The highest BCUT2D eigenvalue weighted by Gasteiger charge is 1.90. The Hall–Kier alpha value is -0.640. The van der Waals surface area contributed by atoms with Gasteiger partial charge in [0.1, 0.15) is 0 Å². The largest absolute Gasteiger partial charge is 0.383 e. The molecule has 0 saturated heterocycles. The van der Waals surface area contributed by atoms with Crippen molar-refractivity contribution in [2.24, 2.45) is 0 Å². The van der Waals surface area contributed by atoms with E-state index in [0.29, 0.717) is 0 Å². The van der Waals surface area contributed by atoms with Gasteiger partial charge in [0.15, 0.2) is 0 Å². The lowest BCUT2D eigenvalue weighted by Gasteiger charge is -2.02. The van der Waals surface area contributed by atoms with Crippen LogP contribution in [0.4, 0.5) is 0 Å². The third-order valence-corrected chi connectivity index (χ3v) is 1.52. The maximum atomic E-state index is 4.90. The Morgan fingerprint density at radius 2 is 2.31 bits per heavy atom. The van der Waals surface area contributed by atoms with Gasteiger partial charge in [0.2, 0.25) is 0 Å². The molecule has 1 aromatic rings. The van der Waals surface area contributed by atoms with E-state index in [1.54, 1.807) is 13.3 Å². The first kappa shape index (κ1) is 12.4. The smallest absolute Gasteiger partial charge is 0.0587 e. The van der Waals surface area contributed by atoms with Crippen LogP contribution in [0.2, 0.25) is 0 Å². The van der Waals surface area contributed by atoms with E-state index in [4.69, 9.17) is 4.74 Å². The standard InChI is InChI=1S/C9H14N2O.ClH/c1-12-7-6-10-8-9-4-2-3-5-11-9;/h2-5,10H,6-8H2,1H3;1H. The molecule has 1 N–H and O–H groups in total. The molecule has 0 aliphatic rings. The van der Waals surface area contributed by atoms with Crippen LogP contribution in [0.25, 0.3) is 0 Å². The predicted octanol–water partition coefficient (Wildman–Crippen LogP) is 1.24. The molecule has 0 aliphatic heterocycles. The van der Waals surface area contributed by atoms with Gasteiger partial charge in [-0.3, -0.25) is 4.98 Å². The molecule has 74 valence electrons. The number of methoxy groups -OCH3 is 1. The van der Waals surface area contributed by atoms with Gasteiger partial charge in [-0.1, -0.05) is 6.07 Å². The van der Waals surface area contributed by atoms with Gasteiger partial charge in [-0.25, -0.2) is 0 Å². The van der Waals surface area contributed by atoms with Crippen LogP contribution < -0.4 is 5.32 Å². The second-order valence-electron chi connectivity index (χ2n) is 2.49. The first-order valence-electron chi connectivity index (χ1n) is 4.03. The predicted molar refractivity (Wildman–Crippen MR) is 55.1 cm³/mol. The van der Waals surface area contributed by atoms with Crippen molar-refractivity contribution >= 4 is 12.4 Å². The van der Waals surface area contributed by atoms with E-state index in [1.807, 2.05) is 18.2 Å². The summed E-state index contributed by atoms with van der Waals surface area (Å²) >= 11 is 0. The van der Waals surface area contributed by atoms with Crippen LogP contribution in [0.3, 0.4) is 0 Å². The number of ether oxygens (including phenoxy) is 1. The van der Waals surface area contributed by atoms with Crippen molar-refractivity contribution < 1.29 is 4.74 Å². The van der Waals surface area contributed by atoms with Gasteiger partial charge >= 0.3 is 0 Å². The van der Waals surface area contributed by atoms with E-state index in [0.717, 1.165) is 25.4 Å². The molecule has 0 atom stereocenters. The van der Waals surface area contributed by atoms with Crippen LogP contribution in [0, 0.1) is 0 Å². The lowest BCUT2D eigenvalue weighted by molar-refractivity contribution is 0.199. The average molecular weight is 203 g/mol. The van der Waals surface area contributed by atoms with Gasteiger partial charge < -0.3 is 10.1 Å². The monoisotopic (exact) mass is 202 g/mol. The first-order chi connectivity index (χ1) is 5.93. The average Bonchev–Trinajstić information content (AvgIpc) is 2.14. The molecule has 0 radical (unpaired) electrons. The Bertz CT molecular complexity index is 206. The van der Waals surface area contributed by atoms with Gasteiger partial charge in [-0.15, -0.1) is 12.4 Å². The number of nitrogens with one attached hydrogen (secondary N) is 1. The summed E-state index contributed by atoms with van der Waals surface area (Å²) in [6, 6.07) is 5.90. The SMILES string of the molecule is COCCNCc1ccccn1.Cl. The second-order valence-corrected chi connectivity index (χ2v) is 2.49. The minimum absolute atomic E-state index is 0. The van der Waals surface area contributed by atoms with Gasteiger partial charge in [0, 0.05) is 26.4 Å². The maximum absolute atomic E-state index is 4.90. The number of nitrogens with zero attached hydrogens (tertiary/aromatic N) is 1. The van der Waals surface area contributed by atoms with Crippen molar-refractivity contribution in [3.8, 4) is 0 Å². The van der Waals surface area contributed by atoms with E-state index in [1.165, 1.54) is 0 Å². The molecule has 0 aliphatic carbocycles. The minimum atomic E-state index is 0. The topological polar surface area (TPSA) is 34.1 Å². The summed E-state index contributed by atoms with van der Waals surface area (Å²) < 4.78 is 4.90. The molecule has 0 bridgehead atoms. The number of aromatic nitrogens is 1. The van der Waals surface area contributed by atoms with Crippen molar-refractivity contribution in [1.82, 2.24) is 10.3 Å². The Balaban J connectivity index is 0.00000144. The van der Waals surface area contributed by atoms with Crippen molar-refractivity contribution in [3.05, 3.63) is 30.1 Å². The minimum Gasteiger partial charge on any atom is -0.383 e. The van der Waals surface area contributed by atoms with Crippen LogP contribution in [-0.2, 0) is 11.3 Å². The fraction of sp³-hybridized carbons (Fsp3) is 0.444. The normalized spacial score (nSPS) is 9.31. The zero-order valence-corrected chi connectivity index (χ0v) is 8.51. The number of hydrogen-bond donors (Lipinski definition) is 1. The van der Waals surface area contributed by atoms with E-state index in [-0.39, 0.29) is 12.4 Å². The van der Waals surface area contributed by atoms with Gasteiger partial charge in [0.05, 0.1) is 12.3 Å². The molecule has 0 aromatic carbocycles. The molecule has 4 heteroatoms. The summed E-state index contributed by atoms with van der Waals surface area (Å²) in [7, 11) is 1.70. The number of halogens is 1. The van der Waals surface area contributed by atoms with Crippen LogP contribution >= 0.6 is 12.4 Å². The van der Waals surface area contributed by atoms with E-state index in [2.05, 4.69) is 10.3 Å². The Kier molecular flexibility index (Phi) is 7.59. The fourth-order valence-electron chi connectivity index (χ4n) is 0.893. The summed E-state index contributed by atoms with van der Waals surface area (Å²) in [5.41, 5.74) is 1.06. The molecular weight excluding hydrogens is 188 g/mol. The highest BCUT2D eigenvalue weighted by molar-refractivity contribution is 5.85. The third kappa shape index (κ3) is 5.58. The molecule has 0 fully saturated rings. The van der Waals surface area contributed by atoms with Gasteiger partial charge in [-0.2, -0.15) is 0 Å². The second kappa shape index (κ2) is 7.98. The van der Waals surface area contributed by atoms with E-state index < -0.39 is 0 Å². The number of pyridine rings is 1. The fourth-order valence-corrected chi connectivity index (χ4v) is 0.893. The number of hydrogen-bond acceptors (Lipinski definition) is 3. The zero-order chi connectivity index (χ0) is 8.65. The Labute approximate surface area is 84.9 Å². The summed E-state index contributed by atoms with van der Waals surface area (Å²) in [6.07, 6.45) is 1.80. The van der Waals surface area contributed by atoms with E-state index >= 15 is 0 Å². The van der Waals surface area contributed by atoms with Crippen LogP contribution in [0.15, 0.2) is 24.4 Å². The molecule has 0 saturated carbocycles. The van der Waals surface area contributed by atoms with Crippen LogP contribution in [0.5, 0.6) is 0 Å². The van der Waals surface area contributed by atoms with Gasteiger partial charge in [-0.05, 0) is 12.1 Å². The van der Waals surface area contributed by atoms with Crippen molar-refractivity contribution in [1.29, 1.82) is 0 Å². The highest BCUT2D eigenvalue weighted by Crippen LogP contribution is 1.90. The zero-order valence-electron chi connectivity index (χ0n) is 7.69. The van der Waals surface area contributed by atoms with Gasteiger partial charge in [0.25, 0.3) is 0 Å². The molecular formula is C9H15ClN2O. The molecule has 0 unspecified atom stereocenters. The lowest BCUT2D eigenvalue weighted by atomic mass is 10.3. The summed E-state index contributed by atoms with van der Waals surface area (Å²) in [5, 5.41) is 3.22. The van der Waals surface area contributed by atoms with Crippen LogP contribution in [-0.4, -0.2) is 25.2 Å². The quantitative estimate of drug-likeness (QED) is 0.730. The first-order valence-corrected chi connectivity index (χ1v) is 4.03. The summed E-state index contributed by atoms with van der Waals surface area (Å²) in [4.78, 5) is 4.17. The van der Waals surface area contributed by atoms with Crippen molar-refractivity contribution in [3.63, 3.8) is 0 Å². The molecule has 1 rings (SSSR count). The van der Waals surface area contributed by atoms with Crippen molar-refractivity contribution in [2.75, 3.05) is 20.3 Å². The molecule has 13 heavy (non-hydrogen) atoms. The molecule has 3 nitrogen and oxygen atoms in total. The molecule has 1 heterocycles. The highest BCUT2D eigenvalue weighted by atomic mass is 35.5. The Morgan fingerprint density at radius 1 is 1.46 bits per heavy atom.